The summed E-state index contributed by atoms with van der Waals surface area (Å²) in [4.78, 5) is 0. The molecule has 121 valence electrons. The number of rotatable bonds is 10. The van der Waals surface area contributed by atoms with Crippen LogP contribution < -0.4 is 0 Å². The lowest BCUT2D eigenvalue weighted by Gasteiger charge is -2.19. The quantitative estimate of drug-likeness (QED) is 0.447. The highest BCUT2D eigenvalue weighted by atomic mass is 32.2. The zero-order chi connectivity index (χ0) is 15.9. The number of hydrogen-bond acceptors (Lipinski definition) is 2. The van der Waals surface area contributed by atoms with Gasteiger partial charge in [-0.2, -0.15) is 22.0 Å². The highest BCUT2D eigenvalue weighted by molar-refractivity contribution is 7.91. The molecule has 0 unspecified atom stereocenters. The van der Waals surface area contributed by atoms with Gasteiger partial charge in [-0.15, -0.1) is 0 Å². The topological polar surface area (TPSA) is 34.1 Å². The van der Waals surface area contributed by atoms with E-state index in [1.807, 2.05) is 0 Å². The van der Waals surface area contributed by atoms with Gasteiger partial charge < -0.3 is 0 Å². The molecule has 0 aliphatic heterocycles. The normalized spacial score (nSPS) is 13.7. The molecule has 0 heterocycles. The van der Waals surface area contributed by atoms with E-state index in [0.717, 1.165) is 19.3 Å². The molecule has 0 aromatic carbocycles. The molecule has 0 saturated heterocycles. The lowest BCUT2D eigenvalue weighted by molar-refractivity contribution is -0.284. The Labute approximate surface area is 116 Å². The maximum atomic E-state index is 12.6. The Morgan fingerprint density at radius 2 is 1.30 bits per heavy atom. The smallest absolute Gasteiger partial charge is 0.229 e. The van der Waals surface area contributed by atoms with Crippen LogP contribution in [0.5, 0.6) is 0 Å². The van der Waals surface area contributed by atoms with Crippen LogP contribution in [-0.2, 0) is 9.84 Å². The van der Waals surface area contributed by atoms with E-state index in [0.29, 0.717) is 12.8 Å². The van der Waals surface area contributed by atoms with Crippen LogP contribution in [0.25, 0.3) is 0 Å². The van der Waals surface area contributed by atoms with E-state index in [4.69, 9.17) is 0 Å². The molecule has 0 amide bonds. The summed E-state index contributed by atoms with van der Waals surface area (Å²) >= 11 is 0. The van der Waals surface area contributed by atoms with Crippen molar-refractivity contribution in [2.45, 2.75) is 57.0 Å². The first-order chi connectivity index (χ1) is 9.02. The highest BCUT2D eigenvalue weighted by Crippen LogP contribution is 2.38. The summed E-state index contributed by atoms with van der Waals surface area (Å²) < 4.78 is 83.7. The molecule has 0 rings (SSSR count). The molecular formula is C12H20F5O2S. The summed E-state index contributed by atoms with van der Waals surface area (Å²) in [5.74, 6) is -5.62. The minimum absolute atomic E-state index is 0.165. The summed E-state index contributed by atoms with van der Waals surface area (Å²) in [6, 6.07) is 0. The van der Waals surface area contributed by atoms with Gasteiger partial charge in [-0.05, 0) is 12.8 Å². The van der Waals surface area contributed by atoms with Crippen LogP contribution in [0.15, 0.2) is 0 Å². The lowest BCUT2D eigenvalue weighted by atomic mass is 10.2. The van der Waals surface area contributed by atoms with E-state index in [1.165, 1.54) is 0 Å². The Kier molecular flexibility index (Phi) is 7.98. The second-order valence-electron chi connectivity index (χ2n) is 4.73. The van der Waals surface area contributed by atoms with Gasteiger partial charge in [0, 0.05) is 6.42 Å². The van der Waals surface area contributed by atoms with Crippen LogP contribution in [0.3, 0.4) is 0 Å². The van der Waals surface area contributed by atoms with Crippen LogP contribution in [0.4, 0.5) is 22.0 Å². The predicted molar refractivity (Wildman–Crippen MR) is 67.3 cm³/mol. The SMILES string of the molecule is [CH2]CCCCCCS(=O)(=O)CCCC(F)(F)C(F)(F)F. The fourth-order valence-corrected chi connectivity index (χ4v) is 3.04. The van der Waals surface area contributed by atoms with Crippen LogP contribution in [0.1, 0.15) is 44.9 Å². The van der Waals surface area contributed by atoms with Gasteiger partial charge in [-0.3, -0.25) is 0 Å². The largest absolute Gasteiger partial charge is 0.453 e. The number of unbranched alkanes of at least 4 members (excludes halogenated alkanes) is 4. The zero-order valence-corrected chi connectivity index (χ0v) is 12.0. The van der Waals surface area contributed by atoms with Crippen molar-refractivity contribution in [2.75, 3.05) is 11.5 Å². The Balaban J connectivity index is 4.00. The molecule has 2 nitrogen and oxygen atoms in total. The zero-order valence-electron chi connectivity index (χ0n) is 11.2. The lowest BCUT2D eigenvalue weighted by Crippen LogP contribution is -2.36. The van der Waals surface area contributed by atoms with Gasteiger partial charge in [0.25, 0.3) is 0 Å². The number of alkyl halides is 5. The maximum absolute atomic E-state index is 12.6. The van der Waals surface area contributed by atoms with E-state index in [-0.39, 0.29) is 5.75 Å². The van der Waals surface area contributed by atoms with Crippen LogP contribution in [-0.4, -0.2) is 32.0 Å². The van der Waals surface area contributed by atoms with Crippen molar-refractivity contribution in [2.24, 2.45) is 0 Å². The third-order valence-electron chi connectivity index (χ3n) is 2.82. The maximum Gasteiger partial charge on any atom is 0.453 e. The summed E-state index contributed by atoms with van der Waals surface area (Å²) in [6.07, 6.45) is -4.22. The number of sulfone groups is 1. The first-order valence-electron chi connectivity index (χ1n) is 6.46. The van der Waals surface area contributed by atoms with Crippen molar-refractivity contribution >= 4 is 9.84 Å². The van der Waals surface area contributed by atoms with Crippen molar-refractivity contribution < 1.29 is 30.4 Å². The van der Waals surface area contributed by atoms with Crippen molar-refractivity contribution in [3.05, 3.63) is 6.92 Å². The van der Waals surface area contributed by atoms with Gasteiger partial charge in [0.2, 0.25) is 0 Å². The van der Waals surface area contributed by atoms with Crippen molar-refractivity contribution in [1.82, 2.24) is 0 Å². The molecule has 0 atom stereocenters. The second kappa shape index (κ2) is 8.14. The molecule has 0 aromatic rings. The van der Waals surface area contributed by atoms with E-state index >= 15 is 0 Å². The first-order valence-corrected chi connectivity index (χ1v) is 8.28. The molecule has 20 heavy (non-hydrogen) atoms. The second-order valence-corrected chi connectivity index (χ2v) is 7.03. The molecule has 1 radical (unpaired) electrons. The van der Waals surface area contributed by atoms with Crippen molar-refractivity contribution in [1.29, 1.82) is 0 Å². The molecule has 0 aliphatic rings. The van der Waals surface area contributed by atoms with Gasteiger partial charge in [0.15, 0.2) is 0 Å². The van der Waals surface area contributed by atoms with E-state index in [2.05, 4.69) is 6.92 Å². The Morgan fingerprint density at radius 1 is 0.800 bits per heavy atom. The van der Waals surface area contributed by atoms with E-state index in [9.17, 15) is 30.4 Å². The Hall–Kier alpha value is -0.400. The summed E-state index contributed by atoms with van der Waals surface area (Å²) in [6.45, 7) is 3.63. The van der Waals surface area contributed by atoms with Crippen LogP contribution >= 0.6 is 0 Å². The van der Waals surface area contributed by atoms with E-state index in [1.54, 1.807) is 0 Å². The average Bonchev–Trinajstić information content (AvgIpc) is 2.26. The molecule has 0 N–H and O–H groups in total. The standard InChI is InChI=1S/C12H20F5O2S/c1-2-3-4-5-6-9-20(18,19)10-7-8-11(13,14)12(15,16)17/h1-10H2. The Morgan fingerprint density at radius 3 is 1.80 bits per heavy atom. The van der Waals surface area contributed by atoms with Crippen molar-refractivity contribution in [3.8, 4) is 0 Å². The van der Waals surface area contributed by atoms with Gasteiger partial charge in [-0.1, -0.05) is 32.6 Å². The summed E-state index contributed by atoms with van der Waals surface area (Å²) in [7, 11) is -3.55. The van der Waals surface area contributed by atoms with Gasteiger partial charge >= 0.3 is 12.1 Å². The molecule has 0 fully saturated rings. The van der Waals surface area contributed by atoms with E-state index < -0.39 is 40.5 Å². The molecule has 8 heteroatoms. The molecule has 0 spiro atoms. The molecular weight excluding hydrogens is 303 g/mol. The minimum Gasteiger partial charge on any atom is -0.229 e. The number of hydrogen-bond donors (Lipinski definition) is 0. The van der Waals surface area contributed by atoms with Gasteiger partial charge in [-0.25, -0.2) is 8.42 Å². The molecule has 0 saturated carbocycles. The van der Waals surface area contributed by atoms with Crippen LogP contribution in [0, 0.1) is 6.92 Å². The average molecular weight is 323 g/mol. The Bertz CT molecular complexity index is 363. The summed E-state index contributed by atoms with van der Waals surface area (Å²) in [5.41, 5.74) is 0. The third kappa shape index (κ3) is 8.01. The molecule has 0 aliphatic carbocycles. The third-order valence-corrected chi connectivity index (χ3v) is 4.64. The fraction of sp³-hybridized carbons (Fsp3) is 0.917. The van der Waals surface area contributed by atoms with Gasteiger partial charge in [0.1, 0.15) is 9.84 Å². The minimum atomic E-state index is -5.62. The fourth-order valence-electron chi connectivity index (χ4n) is 1.61. The monoisotopic (exact) mass is 323 g/mol. The van der Waals surface area contributed by atoms with Crippen molar-refractivity contribution in [3.63, 3.8) is 0 Å². The molecule has 0 aromatic heterocycles. The first kappa shape index (κ1) is 19.6. The summed E-state index contributed by atoms with van der Waals surface area (Å²) in [5, 5.41) is 0. The highest BCUT2D eigenvalue weighted by Gasteiger charge is 2.56. The number of halogens is 5. The predicted octanol–water partition coefficient (Wildman–Crippen LogP) is 4.16. The van der Waals surface area contributed by atoms with Gasteiger partial charge in [0.05, 0.1) is 11.5 Å². The molecule has 0 bridgehead atoms. The van der Waals surface area contributed by atoms with Crippen LogP contribution in [0.2, 0.25) is 0 Å².